The van der Waals surface area contributed by atoms with E-state index in [1.54, 1.807) is 6.07 Å². The van der Waals surface area contributed by atoms with E-state index in [2.05, 4.69) is 0 Å². The highest BCUT2D eigenvalue weighted by atomic mass is 19.1. The van der Waals surface area contributed by atoms with E-state index in [0.717, 1.165) is 0 Å². The molecular weight excluding hydrogens is 183 g/mol. The number of halogens is 1. The summed E-state index contributed by atoms with van der Waals surface area (Å²) in [4.78, 5) is 0. The number of methoxy groups -OCH3 is 1. The minimum Gasteiger partial charge on any atom is -0.497 e. The average molecular weight is 190 g/mol. The normalized spacial score (nSPS) is 8.86. The molecule has 0 aliphatic heterocycles. The lowest BCUT2D eigenvalue weighted by Crippen LogP contribution is -1.95. The number of nitrogens with zero attached hydrogens (tertiary/aromatic N) is 2. The number of rotatable bonds is 2. The topological polar surface area (TPSA) is 56.8 Å². The molecule has 0 saturated carbocycles. The molecule has 14 heavy (non-hydrogen) atoms. The van der Waals surface area contributed by atoms with Gasteiger partial charge >= 0.3 is 0 Å². The van der Waals surface area contributed by atoms with E-state index in [1.165, 1.54) is 19.2 Å². The fourth-order valence-electron chi connectivity index (χ4n) is 1.07. The monoisotopic (exact) mass is 190 g/mol. The lowest BCUT2D eigenvalue weighted by atomic mass is 10.1. The first kappa shape index (κ1) is 10.0. The summed E-state index contributed by atoms with van der Waals surface area (Å²) in [5.74, 6) is -0.261. The predicted octanol–water partition coefficient (Wildman–Crippen LogP) is 1.77. The number of hydrogen-bond donors (Lipinski definition) is 0. The number of hydrogen-bond acceptors (Lipinski definition) is 3. The molecule has 0 heterocycles. The first-order chi connectivity index (χ1) is 6.72. The van der Waals surface area contributed by atoms with Crippen LogP contribution in [0.3, 0.4) is 0 Å². The second-order valence-electron chi connectivity index (χ2n) is 2.59. The Morgan fingerprint density at radius 3 is 2.64 bits per heavy atom. The van der Waals surface area contributed by atoms with Gasteiger partial charge in [0.15, 0.2) is 0 Å². The molecule has 0 aromatic heterocycles. The van der Waals surface area contributed by atoms with Crippen LogP contribution in [0, 0.1) is 28.5 Å². The molecule has 0 spiro atoms. The van der Waals surface area contributed by atoms with Crippen molar-refractivity contribution >= 4 is 0 Å². The van der Waals surface area contributed by atoms with Crippen LogP contribution in [-0.4, -0.2) is 7.11 Å². The minimum absolute atomic E-state index is 0.0717. The Kier molecular flexibility index (Phi) is 3.04. The average Bonchev–Trinajstić information content (AvgIpc) is 2.21. The van der Waals surface area contributed by atoms with E-state index in [1.807, 2.05) is 6.07 Å². The van der Waals surface area contributed by atoms with Gasteiger partial charge in [0.25, 0.3) is 0 Å². The third-order valence-corrected chi connectivity index (χ3v) is 1.75. The number of ether oxygens (including phenoxy) is 1. The molecule has 0 aliphatic rings. The van der Waals surface area contributed by atoms with E-state index in [4.69, 9.17) is 15.3 Å². The van der Waals surface area contributed by atoms with Gasteiger partial charge in [0.1, 0.15) is 17.6 Å². The molecule has 0 N–H and O–H groups in total. The first-order valence-electron chi connectivity index (χ1n) is 3.86. The van der Waals surface area contributed by atoms with Gasteiger partial charge in [0.2, 0.25) is 0 Å². The van der Waals surface area contributed by atoms with Crippen LogP contribution in [0.5, 0.6) is 5.75 Å². The molecule has 0 fully saturated rings. The van der Waals surface area contributed by atoms with Gasteiger partial charge < -0.3 is 4.74 Å². The third kappa shape index (κ3) is 1.81. The number of benzene rings is 1. The van der Waals surface area contributed by atoms with Crippen LogP contribution in [0.4, 0.5) is 4.39 Å². The quantitative estimate of drug-likeness (QED) is 0.714. The fourth-order valence-corrected chi connectivity index (χ4v) is 1.07. The van der Waals surface area contributed by atoms with Crippen molar-refractivity contribution in [1.82, 2.24) is 0 Å². The lowest BCUT2D eigenvalue weighted by Gasteiger charge is -2.04. The molecule has 70 valence electrons. The SMILES string of the molecule is COc1cc(C#N)c(F)c(CC#N)c1. The molecule has 1 aromatic carbocycles. The molecule has 0 bridgehead atoms. The van der Waals surface area contributed by atoms with E-state index in [9.17, 15) is 4.39 Å². The first-order valence-corrected chi connectivity index (χ1v) is 3.86. The standard InChI is InChI=1S/C10H7FN2O/c1-14-9-4-7(2-3-12)10(11)8(5-9)6-13/h4-5H,2H2,1H3. The van der Waals surface area contributed by atoms with Gasteiger partial charge in [0.05, 0.1) is 25.2 Å². The van der Waals surface area contributed by atoms with E-state index < -0.39 is 5.82 Å². The van der Waals surface area contributed by atoms with Crippen LogP contribution in [0.2, 0.25) is 0 Å². The van der Waals surface area contributed by atoms with Crippen molar-refractivity contribution < 1.29 is 9.13 Å². The zero-order valence-corrected chi connectivity index (χ0v) is 7.54. The van der Waals surface area contributed by atoms with Crippen LogP contribution in [0.1, 0.15) is 11.1 Å². The van der Waals surface area contributed by atoms with Gasteiger partial charge in [-0.2, -0.15) is 10.5 Å². The minimum atomic E-state index is -0.644. The van der Waals surface area contributed by atoms with E-state index >= 15 is 0 Å². The number of nitriles is 2. The van der Waals surface area contributed by atoms with Crippen LogP contribution in [-0.2, 0) is 6.42 Å². The van der Waals surface area contributed by atoms with Crippen molar-refractivity contribution in [1.29, 1.82) is 10.5 Å². The van der Waals surface area contributed by atoms with Gasteiger partial charge in [0, 0.05) is 11.6 Å². The van der Waals surface area contributed by atoms with Crippen molar-refractivity contribution in [3.05, 3.63) is 29.1 Å². The van der Waals surface area contributed by atoms with Gasteiger partial charge in [-0.05, 0) is 6.07 Å². The summed E-state index contributed by atoms with van der Waals surface area (Å²) < 4.78 is 18.2. The summed E-state index contributed by atoms with van der Waals surface area (Å²) in [5.41, 5.74) is 0.0815. The lowest BCUT2D eigenvalue weighted by molar-refractivity contribution is 0.412. The molecule has 1 aromatic rings. The smallest absolute Gasteiger partial charge is 0.145 e. The Balaban J connectivity index is 3.30. The summed E-state index contributed by atoms with van der Waals surface area (Å²) in [6.45, 7) is 0. The second-order valence-corrected chi connectivity index (χ2v) is 2.59. The highest BCUT2D eigenvalue weighted by Gasteiger charge is 2.10. The Labute approximate surface area is 81.0 Å². The summed E-state index contributed by atoms with van der Waals surface area (Å²) in [7, 11) is 1.42. The molecule has 0 unspecified atom stereocenters. The summed E-state index contributed by atoms with van der Waals surface area (Å²) in [6, 6.07) is 6.24. The van der Waals surface area contributed by atoms with Crippen LogP contribution in [0.25, 0.3) is 0 Å². The van der Waals surface area contributed by atoms with Crippen LogP contribution in [0.15, 0.2) is 12.1 Å². The molecule has 1 rings (SSSR count). The molecule has 4 heteroatoms. The third-order valence-electron chi connectivity index (χ3n) is 1.75. The van der Waals surface area contributed by atoms with Crippen molar-refractivity contribution in [2.24, 2.45) is 0 Å². The fraction of sp³-hybridized carbons (Fsp3) is 0.200. The summed E-state index contributed by atoms with van der Waals surface area (Å²) in [6.07, 6.45) is -0.0717. The maximum Gasteiger partial charge on any atom is 0.145 e. The highest BCUT2D eigenvalue weighted by molar-refractivity contribution is 5.43. The Morgan fingerprint density at radius 2 is 2.14 bits per heavy atom. The van der Waals surface area contributed by atoms with Crippen LogP contribution >= 0.6 is 0 Å². The van der Waals surface area contributed by atoms with Crippen molar-refractivity contribution in [2.45, 2.75) is 6.42 Å². The molecule has 3 nitrogen and oxygen atoms in total. The van der Waals surface area contributed by atoms with Gasteiger partial charge in [-0.1, -0.05) is 0 Å². The molecule has 0 amide bonds. The highest BCUT2D eigenvalue weighted by Crippen LogP contribution is 2.21. The van der Waals surface area contributed by atoms with Gasteiger partial charge in [-0.25, -0.2) is 4.39 Å². The summed E-state index contributed by atoms with van der Waals surface area (Å²) in [5, 5.41) is 17.0. The zero-order chi connectivity index (χ0) is 10.6. The van der Waals surface area contributed by atoms with E-state index in [0.29, 0.717) is 5.75 Å². The van der Waals surface area contributed by atoms with Crippen LogP contribution < -0.4 is 4.74 Å². The maximum atomic E-state index is 13.3. The Morgan fingerprint density at radius 1 is 1.43 bits per heavy atom. The van der Waals surface area contributed by atoms with Gasteiger partial charge in [-0.15, -0.1) is 0 Å². The largest absolute Gasteiger partial charge is 0.497 e. The zero-order valence-electron chi connectivity index (χ0n) is 7.54. The molecule has 0 saturated heterocycles. The van der Waals surface area contributed by atoms with Crippen molar-refractivity contribution in [2.75, 3.05) is 7.11 Å². The summed E-state index contributed by atoms with van der Waals surface area (Å²) >= 11 is 0. The van der Waals surface area contributed by atoms with Gasteiger partial charge in [-0.3, -0.25) is 0 Å². The molecule has 0 atom stereocenters. The van der Waals surface area contributed by atoms with E-state index in [-0.39, 0.29) is 17.5 Å². The Bertz CT molecular complexity index is 429. The predicted molar refractivity (Wildman–Crippen MR) is 47.0 cm³/mol. The maximum absolute atomic E-state index is 13.3. The van der Waals surface area contributed by atoms with Crippen molar-refractivity contribution in [3.8, 4) is 17.9 Å². The van der Waals surface area contributed by atoms with Crippen molar-refractivity contribution in [3.63, 3.8) is 0 Å². The molecule has 0 radical (unpaired) electrons. The second kappa shape index (κ2) is 4.25. The molecule has 0 aliphatic carbocycles. The Hall–Kier alpha value is -2.07. The molecular formula is C10H7FN2O.